The molecule has 1 amide bonds. The van der Waals surface area contributed by atoms with Gasteiger partial charge in [-0.3, -0.25) is 18.7 Å². The standard InChI is InChI=1S/C22H18N4O6/c1-25-18(11-20(28)26(2)22(25)30)24-19(27)12-32-21(29)14-10-16(17-8-5-9-31-17)23-15-7-4-3-6-13(14)15/h3-11H,12H2,1-2H3,(H,24,27). The smallest absolute Gasteiger partial charge is 0.339 e. The Hall–Kier alpha value is -4.47. The van der Waals surface area contributed by atoms with E-state index < -0.39 is 29.7 Å². The second-order valence-corrected chi connectivity index (χ2v) is 6.94. The van der Waals surface area contributed by atoms with Crippen molar-refractivity contribution in [3.8, 4) is 11.5 Å². The van der Waals surface area contributed by atoms with Crippen LogP contribution in [-0.2, 0) is 23.6 Å². The molecule has 0 bridgehead atoms. The zero-order chi connectivity index (χ0) is 22.8. The molecule has 0 aliphatic heterocycles. The van der Waals surface area contributed by atoms with Gasteiger partial charge >= 0.3 is 11.7 Å². The van der Waals surface area contributed by atoms with Crippen LogP contribution in [0, 0.1) is 0 Å². The van der Waals surface area contributed by atoms with Crippen molar-refractivity contribution in [3.63, 3.8) is 0 Å². The van der Waals surface area contributed by atoms with Gasteiger partial charge in [0.15, 0.2) is 12.4 Å². The van der Waals surface area contributed by atoms with Gasteiger partial charge in [0.2, 0.25) is 0 Å². The number of amides is 1. The summed E-state index contributed by atoms with van der Waals surface area (Å²) in [4.78, 5) is 53.3. The molecule has 32 heavy (non-hydrogen) atoms. The molecule has 0 fully saturated rings. The molecule has 0 unspecified atom stereocenters. The lowest BCUT2D eigenvalue weighted by Gasteiger charge is -2.12. The minimum Gasteiger partial charge on any atom is -0.463 e. The van der Waals surface area contributed by atoms with Gasteiger partial charge in [-0.25, -0.2) is 14.6 Å². The molecule has 0 aliphatic rings. The van der Waals surface area contributed by atoms with Gasteiger partial charge in [-0.2, -0.15) is 0 Å². The molecule has 10 heteroatoms. The summed E-state index contributed by atoms with van der Waals surface area (Å²) in [6.07, 6.45) is 1.50. The number of ether oxygens (including phenoxy) is 1. The van der Waals surface area contributed by atoms with Crippen LogP contribution in [0.25, 0.3) is 22.4 Å². The number of para-hydroxylation sites is 1. The average molecular weight is 434 g/mol. The Morgan fingerprint density at radius 3 is 2.59 bits per heavy atom. The van der Waals surface area contributed by atoms with Gasteiger partial charge < -0.3 is 14.5 Å². The number of aromatic nitrogens is 3. The van der Waals surface area contributed by atoms with Crippen LogP contribution in [-0.4, -0.2) is 32.6 Å². The quantitative estimate of drug-likeness (QED) is 0.474. The molecule has 0 spiro atoms. The Bertz CT molecular complexity index is 1450. The summed E-state index contributed by atoms with van der Waals surface area (Å²) in [5, 5.41) is 2.96. The van der Waals surface area contributed by atoms with E-state index in [1.54, 1.807) is 36.4 Å². The second-order valence-electron chi connectivity index (χ2n) is 6.94. The van der Waals surface area contributed by atoms with E-state index in [0.29, 0.717) is 22.4 Å². The molecule has 0 radical (unpaired) electrons. The zero-order valence-electron chi connectivity index (χ0n) is 17.2. The number of benzene rings is 1. The van der Waals surface area contributed by atoms with Crippen molar-refractivity contribution < 1.29 is 18.7 Å². The van der Waals surface area contributed by atoms with Crippen LogP contribution in [0.4, 0.5) is 5.82 Å². The Morgan fingerprint density at radius 2 is 1.84 bits per heavy atom. The maximum Gasteiger partial charge on any atom is 0.339 e. The lowest BCUT2D eigenvalue weighted by atomic mass is 10.1. The average Bonchev–Trinajstić information content (AvgIpc) is 3.34. The number of hydrogen-bond acceptors (Lipinski definition) is 7. The number of furan rings is 1. The molecule has 4 rings (SSSR count). The van der Waals surface area contributed by atoms with Crippen molar-refractivity contribution in [2.24, 2.45) is 14.1 Å². The fraction of sp³-hybridized carbons (Fsp3) is 0.136. The number of carbonyl (C=O) groups excluding carboxylic acids is 2. The molecule has 4 aromatic rings. The van der Waals surface area contributed by atoms with Crippen molar-refractivity contribution in [2.45, 2.75) is 0 Å². The highest BCUT2D eigenvalue weighted by atomic mass is 16.5. The summed E-state index contributed by atoms with van der Waals surface area (Å²) < 4.78 is 12.6. The highest BCUT2D eigenvalue weighted by Crippen LogP contribution is 2.25. The van der Waals surface area contributed by atoms with E-state index in [9.17, 15) is 19.2 Å². The Balaban J connectivity index is 1.55. The van der Waals surface area contributed by atoms with Crippen LogP contribution >= 0.6 is 0 Å². The molecule has 1 N–H and O–H groups in total. The zero-order valence-corrected chi connectivity index (χ0v) is 17.2. The molecule has 162 valence electrons. The summed E-state index contributed by atoms with van der Waals surface area (Å²) in [6, 6.07) is 13.1. The van der Waals surface area contributed by atoms with E-state index >= 15 is 0 Å². The van der Waals surface area contributed by atoms with Crippen molar-refractivity contribution >= 4 is 28.6 Å². The SMILES string of the molecule is Cn1c(NC(=O)COC(=O)c2cc(-c3ccco3)nc3ccccc23)cc(=O)n(C)c1=O. The first-order valence-electron chi connectivity index (χ1n) is 9.53. The number of fused-ring (bicyclic) bond motifs is 1. The molecular formula is C22H18N4O6. The maximum atomic E-state index is 12.8. The van der Waals surface area contributed by atoms with Crippen molar-refractivity contribution in [1.82, 2.24) is 14.1 Å². The fourth-order valence-electron chi connectivity index (χ4n) is 3.14. The lowest BCUT2D eigenvalue weighted by molar-refractivity contribution is -0.119. The molecule has 1 aromatic carbocycles. The summed E-state index contributed by atoms with van der Waals surface area (Å²) in [5.74, 6) is -0.960. The van der Waals surface area contributed by atoms with E-state index in [1.807, 2.05) is 0 Å². The number of carbonyl (C=O) groups is 2. The van der Waals surface area contributed by atoms with Gasteiger partial charge in [0.05, 0.1) is 17.3 Å². The summed E-state index contributed by atoms with van der Waals surface area (Å²) in [6.45, 7) is -0.616. The fourth-order valence-corrected chi connectivity index (χ4v) is 3.14. The van der Waals surface area contributed by atoms with Crippen LogP contribution in [0.5, 0.6) is 0 Å². The van der Waals surface area contributed by atoms with E-state index in [2.05, 4.69) is 10.3 Å². The first-order chi connectivity index (χ1) is 15.3. The van der Waals surface area contributed by atoms with Crippen molar-refractivity contribution in [3.05, 3.63) is 81.2 Å². The van der Waals surface area contributed by atoms with E-state index in [1.165, 1.54) is 26.4 Å². The Labute approximate surface area is 180 Å². The van der Waals surface area contributed by atoms with E-state index in [-0.39, 0.29) is 11.4 Å². The third-order valence-corrected chi connectivity index (χ3v) is 4.84. The molecule has 0 saturated heterocycles. The van der Waals surface area contributed by atoms with Crippen molar-refractivity contribution in [2.75, 3.05) is 11.9 Å². The van der Waals surface area contributed by atoms with Gasteiger partial charge in [0.1, 0.15) is 11.5 Å². The summed E-state index contributed by atoms with van der Waals surface area (Å²) in [5.41, 5.74) is 0.0524. The number of nitrogens with zero attached hydrogens (tertiary/aromatic N) is 3. The monoisotopic (exact) mass is 434 g/mol. The van der Waals surface area contributed by atoms with E-state index in [4.69, 9.17) is 9.15 Å². The van der Waals surface area contributed by atoms with Gasteiger partial charge in [0.25, 0.3) is 11.5 Å². The van der Waals surface area contributed by atoms with Gasteiger partial charge in [-0.1, -0.05) is 18.2 Å². The Kier molecular flexibility index (Phi) is 5.42. The lowest BCUT2D eigenvalue weighted by Crippen LogP contribution is -2.38. The van der Waals surface area contributed by atoms with Crippen LogP contribution in [0.1, 0.15) is 10.4 Å². The molecule has 0 saturated carbocycles. The van der Waals surface area contributed by atoms with Crippen LogP contribution in [0.15, 0.2) is 68.8 Å². The van der Waals surface area contributed by atoms with Crippen molar-refractivity contribution in [1.29, 1.82) is 0 Å². The predicted octanol–water partition coefficient (Wildman–Crippen LogP) is 1.69. The number of pyridine rings is 1. The van der Waals surface area contributed by atoms with Gasteiger partial charge in [0, 0.05) is 25.5 Å². The normalized spacial score (nSPS) is 10.8. The van der Waals surface area contributed by atoms with Crippen LogP contribution < -0.4 is 16.6 Å². The number of nitrogens with one attached hydrogen (secondary N) is 1. The summed E-state index contributed by atoms with van der Waals surface area (Å²) >= 11 is 0. The first kappa shape index (κ1) is 20.8. The van der Waals surface area contributed by atoms with Gasteiger partial charge in [-0.05, 0) is 24.3 Å². The highest BCUT2D eigenvalue weighted by Gasteiger charge is 2.18. The third-order valence-electron chi connectivity index (χ3n) is 4.84. The molecule has 10 nitrogen and oxygen atoms in total. The van der Waals surface area contributed by atoms with Crippen LogP contribution in [0.2, 0.25) is 0 Å². The van der Waals surface area contributed by atoms with E-state index in [0.717, 1.165) is 15.2 Å². The topological polar surface area (TPSA) is 125 Å². The highest BCUT2D eigenvalue weighted by molar-refractivity contribution is 6.05. The molecule has 3 aromatic heterocycles. The summed E-state index contributed by atoms with van der Waals surface area (Å²) in [7, 11) is 2.73. The minimum absolute atomic E-state index is 0.00591. The molecular weight excluding hydrogens is 416 g/mol. The maximum absolute atomic E-state index is 12.8. The second kappa shape index (κ2) is 8.34. The number of rotatable bonds is 5. The predicted molar refractivity (Wildman–Crippen MR) is 115 cm³/mol. The molecule has 0 aliphatic carbocycles. The molecule has 0 atom stereocenters. The minimum atomic E-state index is -0.732. The van der Waals surface area contributed by atoms with Crippen LogP contribution in [0.3, 0.4) is 0 Å². The van der Waals surface area contributed by atoms with Gasteiger partial charge in [-0.15, -0.1) is 0 Å². The number of hydrogen-bond donors (Lipinski definition) is 1. The Morgan fingerprint density at radius 1 is 1.06 bits per heavy atom. The largest absolute Gasteiger partial charge is 0.463 e. The number of esters is 1. The first-order valence-corrected chi connectivity index (χ1v) is 9.53. The number of anilines is 1. The molecule has 3 heterocycles. The third kappa shape index (κ3) is 3.93.